The van der Waals surface area contributed by atoms with E-state index < -0.39 is 0 Å². The van der Waals surface area contributed by atoms with Gasteiger partial charge in [-0.1, -0.05) is 29.3 Å². The Morgan fingerprint density at radius 2 is 1.92 bits per heavy atom. The summed E-state index contributed by atoms with van der Waals surface area (Å²) >= 11 is 6.20. The minimum Gasteiger partial charge on any atom is -0.488 e. The lowest BCUT2D eigenvalue weighted by atomic mass is 10.2. The average Bonchev–Trinajstić information content (AvgIpc) is 3.07. The second-order valence-corrected chi connectivity index (χ2v) is 6.31. The zero-order valence-corrected chi connectivity index (χ0v) is 16.4. The number of hydrogen-bond donors (Lipinski definition) is 1. The van der Waals surface area contributed by atoms with Gasteiger partial charge in [-0.25, -0.2) is 14.6 Å². The van der Waals surface area contributed by atoms with E-state index in [4.69, 9.17) is 16.3 Å². The molecule has 3 aromatic rings. The summed E-state index contributed by atoms with van der Waals surface area (Å²) in [6.07, 6.45) is 5.05. The number of aryl methyl sites for hydroxylation is 2. The summed E-state index contributed by atoms with van der Waals surface area (Å²) in [6.45, 7) is 6.36. The van der Waals surface area contributed by atoms with Crippen LogP contribution < -0.4 is 10.1 Å². The predicted molar refractivity (Wildman–Crippen MR) is 106 cm³/mol. The van der Waals surface area contributed by atoms with E-state index in [0.29, 0.717) is 23.2 Å². The first-order valence-corrected chi connectivity index (χ1v) is 8.39. The van der Waals surface area contributed by atoms with Crippen molar-refractivity contribution in [1.82, 2.24) is 19.7 Å². The van der Waals surface area contributed by atoms with Gasteiger partial charge >= 0.3 is 0 Å². The largest absolute Gasteiger partial charge is 0.488 e. The number of rotatable bonds is 6. The van der Waals surface area contributed by atoms with Gasteiger partial charge in [0.25, 0.3) is 0 Å². The number of aromatic nitrogens is 4. The van der Waals surface area contributed by atoms with Gasteiger partial charge in [0.05, 0.1) is 29.8 Å². The Morgan fingerprint density at radius 1 is 1.19 bits per heavy atom. The molecule has 0 radical (unpaired) electrons. The molecule has 0 aliphatic heterocycles. The lowest BCUT2D eigenvalue weighted by Crippen LogP contribution is -2.24. The predicted octanol–water partition coefficient (Wildman–Crippen LogP) is 4.23. The summed E-state index contributed by atoms with van der Waals surface area (Å²) in [5.41, 5.74) is 2.95. The van der Waals surface area contributed by atoms with Gasteiger partial charge in [0.2, 0.25) is 0 Å². The molecule has 0 amide bonds. The van der Waals surface area contributed by atoms with Crippen molar-refractivity contribution in [2.24, 2.45) is 0 Å². The fourth-order valence-corrected chi connectivity index (χ4v) is 2.43. The third kappa shape index (κ3) is 4.86. The van der Waals surface area contributed by atoms with E-state index in [1.54, 1.807) is 10.9 Å². The van der Waals surface area contributed by atoms with Gasteiger partial charge in [-0.2, -0.15) is 5.10 Å². The zero-order valence-electron chi connectivity index (χ0n) is 14.8. The van der Waals surface area contributed by atoms with Gasteiger partial charge < -0.3 is 10.1 Å². The van der Waals surface area contributed by atoms with Crippen LogP contribution in [-0.4, -0.2) is 32.4 Å². The highest BCUT2D eigenvalue weighted by Gasteiger charge is 2.10. The van der Waals surface area contributed by atoms with Crippen LogP contribution in [-0.2, 0) is 0 Å². The molecule has 0 aliphatic rings. The third-order valence-electron chi connectivity index (χ3n) is 3.70. The first-order valence-electron chi connectivity index (χ1n) is 8.01. The number of hydrogen-bond acceptors (Lipinski definition) is 5. The fraction of sp³-hybridized carbons (Fsp3) is 0.278. The molecular formula is C18H21Cl2N5O. The van der Waals surface area contributed by atoms with Gasteiger partial charge in [0.1, 0.15) is 23.8 Å². The van der Waals surface area contributed by atoms with Crippen molar-refractivity contribution in [2.75, 3.05) is 11.9 Å². The summed E-state index contributed by atoms with van der Waals surface area (Å²) in [7, 11) is 0. The molecule has 26 heavy (non-hydrogen) atoms. The van der Waals surface area contributed by atoms with Gasteiger partial charge in [0, 0.05) is 0 Å². The van der Waals surface area contributed by atoms with Crippen molar-refractivity contribution in [1.29, 1.82) is 0 Å². The van der Waals surface area contributed by atoms with E-state index in [1.165, 1.54) is 11.9 Å². The Morgan fingerprint density at radius 3 is 2.65 bits per heavy atom. The number of anilines is 1. The van der Waals surface area contributed by atoms with Crippen molar-refractivity contribution < 1.29 is 4.74 Å². The molecule has 0 aliphatic carbocycles. The summed E-state index contributed by atoms with van der Waals surface area (Å²) in [4.78, 5) is 8.21. The number of nitrogens with one attached hydrogen (secondary N) is 1. The van der Waals surface area contributed by atoms with Crippen LogP contribution in [0.1, 0.15) is 18.2 Å². The van der Waals surface area contributed by atoms with Crippen LogP contribution in [0.2, 0.25) is 5.02 Å². The van der Waals surface area contributed by atoms with Gasteiger partial charge in [-0.3, -0.25) is 0 Å². The van der Waals surface area contributed by atoms with E-state index in [1.807, 2.05) is 32.2 Å². The minimum absolute atomic E-state index is 0. The van der Waals surface area contributed by atoms with E-state index in [-0.39, 0.29) is 18.4 Å². The quantitative estimate of drug-likeness (QED) is 0.678. The maximum Gasteiger partial charge on any atom is 0.157 e. The van der Waals surface area contributed by atoms with E-state index in [0.717, 1.165) is 11.4 Å². The highest BCUT2D eigenvalue weighted by atomic mass is 35.5. The summed E-state index contributed by atoms with van der Waals surface area (Å²) in [5, 5.41) is 8.09. The molecule has 6 nitrogen and oxygen atoms in total. The van der Waals surface area contributed by atoms with E-state index in [2.05, 4.69) is 39.4 Å². The second-order valence-electron chi connectivity index (χ2n) is 5.93. The van der Waals surface area contributed by atoms with Crippen LogP contribution >= 0.6 is 24.0 Å². The van der Waals surface area contributed by atoms with Crippen LogP contribution in [0.15, 0.2) is 43.0 Å². The van der Waals surface area contributed by atoms with Crippen molar-refractivity contribution in [3.63, 3.8) is 0 Å². The number of nitrogens with zero attached hydrogens (tertiary/aromatic N) is 4. The topological polar surface area (TPSA) is 64.9 Å². The highest BCUT2D eigenvalue weighted by molar-refractivity contribution is 6.33. The number of ether oxygens (including phenoxy) is 1. The van der Waals surface area contributed by atoms with Gasteiger partial charge in [0.15, 0.2) is 5.75 Å². The zero-order chi connectivity index (χ0) is 17.8. The van der Waals surface area contributed by atoms with Crippen molar-refractivity contribution in [3.05, 3.63) is 59.3 Å². The molecule has 0 saturated heterocycles. The number of halogens is 2. The molecule has 0 fully saturated rings. The average molecular weight is 394 g/mol. The molecule has 1 unspecified atom stereocenters. The van der Waals surface area contributed by atoms with E-state index in [9.17, 15) is 0 Å². The van der Waals surface area contributed by atoms with Crippen molar-refractivity contribution in [2.45, 2.75) is 26.8 Å². The molecule has 2 heterocycles. The molecular weight excluding hydrogens is 373 g/mol. The standard InChI is InChI=1S/C18H20ClN5O.ClH/c1-12-4-6-15(7-5-12)24-9-16(8-22-24)25-10-13(2)23-18-17(19)14(3)20-11-21-18;/h4-9,11,13H,10H2,1-3H3,(H,20,21,23);1H. The smallest absolute Gasteiger partial charge is 0.157 e. The lowest BCUT2D eigenvalue weighted by molar-refractivity contribution is 0.303. The first-order chi connectivity index (χ1) is 12.0. The van der Waals surface area contributed by atoms with Crippen LogP contribution in [0, 0.1) is 13.8 Å². The maximum atomic E-state index is 6.20. The Bertz CT molecular complexity index is 851. The molecule has 8 heteroatoms. The molecule has 3 rings (SSSR count). The highest BCUT2D eigenvalue weighted by Crippen LogP contribution is 2.21. The SMILES string of the molecule is Cc1ccc(-n2cc(OCC(C)Nc3ncnc(C)c3Cl)cn2)cc1.Cl. The van der Waals surface area contributed by atoms with Crippen LogP contribution in [0.25, 0.3) is 5.69 Å². The van der Waals surface area contributed by atoms with Crippen LogP contribution in [0.4, 0.5) is 5.82 Å². The van der Waals surface area contributed by atoms with Gasteiger partial charge in [-0.15, -0.1) is 12.4 Å². The molecule has 1 atom stereocenters. The Balaban J connectivity index is 0.00000243. The Labute approximate surface area is 164 Å². The Kier molecular flexibility index (Phi) is 6.83. The molecule has 0 saturated carbocycles. The monoisotopic (exact) mass is 393 g/mol. The Hall–Kier alpha value is -2.31. The minimum atomic E-state index is 0. The van der Waals surface area contributed by atoms with Crippen molar-refractivity contribution >= 4 is 29.8 Å². The maximum absolute atomic E-state index is 6.20. The molecule has 0 bridgehead atoms. The first kappa shape index (κ1) is 20.0. The molecule has 1 aromatic carbocycles. The summed E-state index contributed by atoms with van der Waals surface area (Å²) in [6, 6.07) is 8.17. The van der Waals surface area contributed by atoms with Gasteiger partial charge in [-0.05, 0) is 32.9 Å². The second kappa shape index (κ2) is 8.87. The van der Waals surface area contributed by atoms with Crippen LogP contribution in [0.3, 0.4) is 0 Å². The van der Waals surface area contributed by atoms with E-state index >= 15 is 0 Å². The molecule has 2 aromatic heterocycles. The summed E-state index contributed by atoms with van der Waals surface area (Å²) in [5.74, 6) is 1.32. The van der Waals surface area contributed by atoms with Crippen molar-refractivity contribution in [3.8, 4) is 11.4 Å². The number of benzene rings is 1. The van der Waals surface area contributed by atoms with Crippen LogP contribution in [0.5, 0.6) is 5.75 Å². The summed E-state index contributed by atoms with van der Waals surface area (Å²) < 4.78 is 7.59. The molecule has 138 valence electrons. The molecule has 0 spiro atoms. The fourth-order valence-electron chi connectivity index (χ4n) is 2.27. The molecule has 1 N–H and O–H groups in total. The lowest BCUT2D eigenvalue weighted by Gasteiger charge is -2.15. The normalized spacial score (nSPS) is 11.5. The third-order valence-corrected chi connectivity index (χ3v) is 4.16.